The van der Waals surface area contributed by atoms with Gasteiger partial charge in [-0.25, -0.2) is 0 Å². The molecule has 0 aliphatic carbocycles. The van der Waals surface area contributed by atoms with Gasteiger partial charge < -0.3 is 15.2 Å². The van der Waals surface area contributed by atoms with Gasteiger partial charge in [0, 0.05) is 19.7 Å². The van der Waals surface area contributed by atoms with Gasteiger partial charge in [0.1, 0.15) is 0 Å². The molecule has 1 aromatic heterocycles. The van der Waals surface area contributed by atoms with Crippen LogP contribution in [0.5, 0.6) is 0 Å². The Hall–Kier alpha value is -2.00. The minimum Gasteiger partial charge on any atom is -0.481 e. The first-order valence-electron chi connectivity index (χ1n) is 5.21. The van der Waals surface area contributed by atoms with Gasteiger partial charge in [0.05, 0.1) is 22.3 Å². The molecule has 1 unspecified atom stereocenters. The zero-order valence-corrected chi connectivity index (χ0v) is 10.8. The number of carboxylic acids is 1. The van der Waals surface area contributed by atoms with E-state index >= 15 is 0 Å². The summed E-state index contributed by atoms with van der Waals surface area (Å²) in [5, 5.41) is 21.4. The van der Waals surface area contributed by atoms with Crippen LogP contribution in [-0.2, 0) is 9.53 Å². The predicted octanol–water partition coefficient (Wildman–Crippen LogP) is 0.876. The molecule has 1 aromatic rings. The van der Waals surface area contributed by atoms with Crippen LogP contribution in [0.15, 0.2) is 12.1 Å². The van der Waals surface area contributed by atoms with Gasteiger partial charge in [-0.3, -0.25) is 19.7 Å². The highest BCUT2D eigenvalue weighted by Crippen LogP contribution is 2.23. The van der Waals surface area contributed by atoms with Gasteiger partial charge in [-0.1, -0.05) is 11.3 Å². The van der Waals surface area contributed by atoms with Crippen molar-refractivity contribution >= 4 is 28.2 Å². The number of carbonyl (C=O) groups excluding carboxylic acids is 1. The van der Waals surface area contributed by atoms with Gasteiger partial charge in [0.25, 0.3) is 5.91 Å². The van der Waals surface area contributed by atoms with Gasteiger partial charge in [-0.2, -0.15) is 0 Å². The normalized spacial score (nSPS) is 11.8. The molecule has 0 saturated heterocycles. The third kappa shape index (κ3) is 4.64. The fraction of sp³-hybridized carbons (Fsp3) is 0.400. The summed E-state index contributed by atoms with van der Waals surface area (Å²) in [6.07, 6.45) is -0.877. The highest BCUT2D eigenvalue weighted by molar-refractivity contribution is 7.17. The van der Waals surface area contributed by atoms with Gasteiger partial charge in [-0.15, -0.1) is 0 Å². The molecule has 0 spiro atoms. The number of nitrogens with zero attached hydrogens (tertiary/aromatic N) is 1. The standard InChI is InChI=1S/C10H12N2O6S/c1-18-6(4-9(13)14)5-11-10(15)7-2-3-8(19-7)12(16)17/h2-3,6H,4-5H2,1H3,(H,11,15)(H,13,14). The number of carbonyl (C=O) groups is 2. The number of nitro groups is 1. The summed E-state index contributed by atoms with van der Waals surface area (Å²) in [6.45, 7) is 0.0212. The van der Waals surface area contributed by atoms with Crippen molar-refractivity contribution in [3.63, 3.8) is 0 Å². The fourth-order valence-electron chi connectivity index (χ4n) is 1.28. The lowest BCUT2D eigenvalue weighted by Crippen LogP contribution is -2.34. The molecule has 0 bridgehead atoms. The molecule has 0 aliphatic heterocycles. The number of methoxy groups -OCH3 is 1. The van der Waals surface area contributed by atoms with Crippen LogP contribution < -0.4 is 5.32 Å². The molecule has 1 amide bonds. The van der Waals surface area contributed by atoms with Crippen molar-refractivity contribution in [3.8, 4) is 0 Å². The number of rotatable bonds is 7. The van der Waals surface area contributed by atoms with E-state index in [0.29, 0.717) is 0 Å². The van der Waals surface area contributed by atoms with Crippen LogP contribution in [0.3, 0.4) is 0 Å². The van der Waals surface area contributed by atoms with Gasteiger partial charge in [0.15, 0.2) is 0 Å². The summed E-state index contributed by atoms with van der Waals surface area (Å²) in [7, 11) is 1.34. The summed E-state index contributed by atoms with van der Waals surface area (Å²) in [6, 6.07) is 2.59. The summed E-state index contributed by atoms with van der Waals surface area (Å²) < 4.78 is 4.89. The number of hydrogen-bond donors (Lipinski definition) is 2. The van der Waals surface area contributed by atoms with E-state index < -0.39 is 22.9 Å². The van der Waals surface area contributed by atoms with Crippen molar-refractivity contribution < 1.29 is 24.4 Å². The highest BCUT2D eigenvalue weighted by atomic mass is 32.1. The Bertz CT molecular complexity index is 486. The lowest BCUT2D eigenvalue weighted by atomic mass is 10.2. The van der Waals surface area contributed by atoms with Gasteiger partial charge >= 0.3 is 11.0 Å². The first-order chi connectivity index (χ1) is 8.93. The van der Waals surface area contributed by atoms with Crippen molar-refractivity contribution in [2.45, 2.75) is 12.5 Å². The minimum absolute atomic E-state index is 0.0212. The number of carboxylic acid groups (broad SMARTS) is 1. The molecule has 0 aromatic carbocycles. The van der Waals surface area contributed by atoms with Crippen LogP contribution in [-0.4, -0.2) is 41.7 Å². The SMILES string of the molecule is COC(CNC(=O)c1ccc([N+](=O)[O-])s1)CC(=O)O. The molecule has 1 atom stereocenters. The van der Waals surface area contributed by atoms with E-state index in [2.05, 4.69) is 5.32 Å². The number of aliphatic carboxylic acids is 1. The van der Waals surface area contributed by atoms with Crippen molar-refractivity contribution in [2.24, 2.45) is 0 Å². The maximum atomic E-state index is 11.7. The molecule has 0 saturated carbocycles. The molecular formula is C10H12N2O6S. The van der Waals surface area contributed by atoms with E-state index in [0.717, 1.165) is 11.3 Å². The Balaban J connectivity index is 2.54. The largest absolute Gasteiger partial charge is 0.481 e. The monoisotopic (exact) mass is 288 g/mol. The maximum Gasteiger partial charge on any atom is 0.324 e. The second kappa shape index (κ2) is 6.81. The van der Waals surface area contributed by atoms with Crippen LogP contribution in [0.4, 0.5) is 5.00 Å². The second-order valence-electron chi connectivity index (χ2n) is 3.56. The zero-order valence-electron chi connectivity index (χ0n) is 9.99. The number of hydrogen-bond acceptors (Lipinski definition) is 6. The molecule has 1 heterocycles. The van der Waals surface area contributed by atoms with E-state index in [-0.39, 0.29) is 22.8 Å². The lowest BCUT2D eigenvalue weighted by Gasteiger charge is -2.13. The van der Waals surface area contributed by atoms with Crippen molar-refractivity contribution in [3.05, 3.63) is 27.1 Å². The molecule has 19 heavy (non-hydrogen) atoms. The molecular weight excluding hydrogens is 276 g/mol. The van der Waals surface area contributed by atoms with E-state index in [9.17, 15) is 19.7 Å². The third-order valence-electron chi connectivity index (χ3n) is 2.22. The molecule has 8 nitrogen and oxygen atoms in total. The Morgan fingerprint density at radius 3 is 2.74 bits per heavy atom. The number of nitrogens with one attached hydrogen (secondary N) is 1. The maximum absolute atomic E-state index is 11.7. The van der Waals surface area contributed by atoms with E-state index in [1.165, 1.54) is 19.2 Å². The smallest absolute Gasteiger partial charge is 0.324 e. The van der Waals surface area contributed by atoms with Gasteiger partial charge in [-0.05, 0) is 6.07 Å². The van der Waals surface area contributed by atoms with Crippen LogP contribution in [0.25, 0.3) is 0 Å². The Kier molecular flexibility index (Phi) is 5.39. The first-order valence-corrected chi connectivity index (χ1v) is 6.02. The molecule has 0 radical (unpaired) electrons. The summed E-state index contributed by atoms with van der Waals surface area (Å²) >= 11 is 0.754. The van der Waals surface area contributed by atoms with Crippen molar-refractivity contribution in [1.82, 2.24) is 5.32 Å². The number of thiophene rings is 1. The Labute approximate surface area is 112 Å². The molecule has 104 valence electrons. The quantitative estimate of drug-likeness (QED) is 0.567. The summed E-state index contributed by atoms with van der Waals surface area (Å²) in [5.74, 6) is -1.53. The lowest BCUT2D eigenvalue weighted by molar-refractivity contribution is -0.380. The number of ether oxygens (including phenoxy) is 1. The molecule has 2 N–H and O–H groups in total. The summed E-state index contributed by atoms with van der Waals surface area (Å²) in [5.41, 5.74) is 0. The minimum atomic E-state index is -1.03. The van der Waals surface area contributed by atoms with Gasteiger partial charge in [0.2, 0.25) is 0 Å². The van der Waals surface area contributed by atoms with Crippen molar-refractivity contribution in [2.75, 3.05) is 13.7 Å². The van der Waals surface area contributed by atoms with Crippen LogP contribution in [0.1, 0.15) is 16.1 Å². The first kappa shape index (κ1) is 15.1. The van der Waals surface area contributed by atoms with E-state index in [4.69, 9.17) is 9.84 Å². The zero-order chi connectivity index (χ0) is 14.4. The summed E-state index contributed by atoms with van der Waals surface area (Å²) in [4.78, 5) is 32.2. The van der Waals surface area contributed by atoms with Crippen molar-refractivity contribution in [1.29, 1.82) is 0 Å². The third-order valence-corrected chi connectivity index (χ3v) is 3.26. The van der Waals surface area contributed by atoms with Crippen LogP contribution in [0.2, 0.25) is 0 Å². The van der Waals surface area contributed by atoms with E-state index in [1.54, 1.807) is 0 Å². The van der Waals surface area contributed by atoms with E-state index in [1.807, 2.05) is 0 Å². The second-order valence-corrected chi connectivity index (χ2v) is 4.62. The molecule has 0 fully saturated rings. The Morgan fingerprint density at radius 2 is 2.26 bits per heavy atom. The average Bonchev–Trinajstić information content (AvgIpc) is 2.83. The highest BCUT2D eigenvalue weighted by Gasteiger charge is 2.17. The topological polar surface area (TPSA) is 119 Å². The van der Waals surface area contributed by atoms with Crippen LogP contribution >= 0.6 is 11.3 Å². The molecule has 1 rings (SSSR count). The number of amides is 1. The predicted molar refractivity (Wildman–Crippen MR) is 66.4 cm³/mol. The molecule has 9 heteroatoms. The molecule has 0 aliphatic rings. The Morgan fingerprint density at radius 1 is 1.58 bits per heavy atom. The van der Waals surface area contributed by atoms with Crippen LogP contribution in [0, 0.1) is 10.1 Å². The fourth-order valence-corrected chi connectivity index (χ4v) is 2.01. The average molecular weight is 288 g/mol.